The molecule has 12 heavy (non-hydrogen) atoms. The Balaban J connectivity index is 2.08. The van der Waals surface area contributed by atoms with Gasteiger partial charge >= 0.3 is 0 Å². The summed E-state index contributed by atoms with van der Waals surface area (Å²) in [6.45, 7) is 2.44. The van der Waals surface area contributed by atoms with E-state index in [4.69, 9.17) is 0 Å². The summed E-state index contributed by atoms with van der Waals surface area (Å²) in [5, 5.41) is 0. The lowest BCUT2D eigenvalue weighted by Crippen LogP contribution is -2.28. The SMILES string of the molecule is CC1CC(I)C2(CCCCC2)C1. The molecule has 1 spiro atoms. The van der Waals surface area contributed by atoms with Gasteiger partial charge in [0.2, 0.25) is 0 Å². The third-order valence-electron chi connectivity index (χ3n) is 3.88. The molecule has 70 valence electrons. The van der Waals surface area contributed by atoms with Crippen molar-refractivity contribution in [2.75, 3.05) is 0 Å². The molecule has 2 atom stereocenters. The van der Waals surface area contributed by atoms with Crippen molar-refractivity contribution in [2.24, 2.45) is 11.3 Å². The van der Waals surface area contributed by atoms with E-state index in [1.54, 1.807) is 0 Å². The van der Waals surface area contributed by atoms with Gasteiger partial charge in [-0.1, -0.05) is 48.8 Å². The number of hydrogen-bond acceptors (Lipinski definition) is 0. The molecule has 2 fully saturated rings. The molecule has 0 bridgehead atoms. The lowest BCUT2D eigenvalue weighted by Gasteiger charge is -2.36. The summed E-state index contributed by atoms with van der Waals surface area (Å²) in [5.41, 5.74) is 0.790. The molecule has 2 saturated carbocycles. The molecule has 0 aliphatic heterocycles. The van der Waals surface area contributed by atoms with Crippen molar-refractivity contribution in [3.8, 4) is 0 Å². The van der Waals surface area contributed by atoms with E-state index in [0.717, 1.165) is 15.3 Å². The minimum absolute atomic E-state index is 0.790. The van der Waals surface area contributed by atoms with Crippen LogP contribution in [0, 0.1) is 11.3 Å². The smallest absolute Gasteiger partial charge is 0.0169 e. The van der Waals surface area contributed by atoms with Crippen LogP contribution < -0.4 is 0 Å². The number of hydrogen-bond donors (Lipinski definition) is 0. The van der Waals surface area contributed by atoms with Crippen molar-refractivity contribution >= 4 is 22.6 Å². The Labute approximate surface area is 89.6 Å². The highest BCUT2D eigenvalue weighted by Gasteiger charge is 2.44. The van der Waals surface area contributed by atoms with E-state index in [1.807, 2.05) is 0 Å². The van der Waals surface area contributed by atoms with Crippen LogP contribution in [0.4, 0.5) is 0 Å². The molecule has 0 saturated heterocycles. The highest BCUT2D eigenvalue weighted by molar-refractivity contribution is 14.1. The Morgan fingerprint density at radius 2 is 1.83 bits per heavy atom. The van der Waals surface area contributed by atoms with E-state index in [0.29, 0.717) is 0 Å². The Morgan fingerprint density at radius 1 is 1.17 bits per heavy atom. The van der Waals surface area contributed by atoms with Crippen LogP contribution in [-0.2, 0) is 0 Å². The maximum Gasteiger partial charge on any atom is 0.0169 e. The second-order valence-electron chi connectivity index (χ2n) is 4.94. The molecule has 0 aromatic carbocycles. The van der Waals surface area contributed by atoms with Gasteiger partial charge in [-0.15, -0.1) is 0 Å². The first-order valence-corrected chi connectivity index (χ1v) is 6.62. The molecule has 0 heterocycles. The Morgan fingerprint density at radius 3 is 2.33 bits per heavy atom. The summed E-state index contributed by atoms with van der Waals surface area (Å²) in [6.07, 6.45) is 10.6. The lowest BCUT2D eigenvalue weighted by atomic mass is 9.72. The molecular formula is C11H19I. The summed E-state index contributed by atoms with van der Waals surface area (Å²) in [5.74, 6) is 1.00. The third-order valence-corrected chi connectivity index (χ3v) is 5.71. The molecule has 2 aliphatic carbocycles. The van der Waals surface area contributed by atoms with Gasteiger partial charge in [0.05, 0.1) is 0 Å². The second kappa shape index (κ2) is 3.47. The van der Waals surface area contributed by atoms with Gasteiger partial charge < -0.3 is 0 Å². The fourth-order valence-electron chi connectivity index (χ4n) is 3.28. The summed E-state index contributed by atoms with van der Waals surface area (Å²) in [4.78, 5) is 0. The van der Waals surface area contributed by atoms with Crippen molar-refractivity contribution in [1.29, 1.82) is 0 Å². The first-order valence-electron chi connectivity index (χ1n) is 5.37. The standard InChI is InChI=1S/C11H19I/c1-9-7-10(12)11(8-9)5-3-2-4-6-11/h9-10H,2-8H2,1H3. The van der Waals surface area contributed by atoms with Gasteiger partial charge in [-0.3, -0.25) is 0 Å². The first-order chi connectivity index (χ1) is 5.73. The third kappa shape index (κ3) is 1.53. The van der Waals surface area contributed by atoms with Crippen LogP contribution in [0.15, 0.2) is 0 Å². The highest BCUT2D eigenvalue weighted by atomic mass is 127. The Kier molecular flexibility index (Phi) is 2.69. The zero-order chi connectivity index (χ0) is 8.60. The van der Waals surface area contributed by atoms with Gasteiger partial charge in [0.1, 0.15) is 0 Å². The molecule has 2 rings (SSSR count). The van der Waals surface area contributed by atoms with Gasteiger partial charge in [0, 0.05) is 3.92 Å². The minimum Gasteiger partial charge on any atom is -0.0820 e. The van der Waals surface area contributed by atoms with Gasteiger partial charge in [0.25, 0.3) is 0 Å². The zero-order valence-electron chi connectivity index (χ0n) is 7.98. The summed E-state index contributed by atoms with van der Waals surface area (Å²) in [7, 11) is 0. The number of halogens is 1. The average Bonchev–Trinajstić information content (AvgIpc) is 2.29. The maximum absolute atomic E-state index is 2.72. The van der Waals surface area contributed by atoms with E-state index in [9.17, 15) is 0 Å². The Bertz CT molecular complexity index is 158. The molecule has 2 unspecified atom stereocenters. The molecule has 0 nitrogen and oxygen atoms in total. The van der Waals surface area contributed by atoms with E-state index >= 15 is 0 Å². The van der Waals surface area contributed by atoms with Crippen LogP contribution in [-0.4, -0.2) is 3.92 Å². The monoisotopic (exact) mass is 278 g/mol. The van der Waals surface area contributed by atoms with Crippen LogP contribution in [0.3, 0.4) is 0 Å². The largest absolute Gasteiger partial charge is 0.0820 e. The maximum atomic E-state index is 2.72. The van der Waals surface area contributed by atoms with Crippen molar-refractivity contribution in [3.05, 3.63) is 0 Å². The molecular weight excluding hydrogens is 259 g/mol. The summed E-state index contributed by atoms with van der Waals surface area (Å²) in [6, 6.07) is 0. The van der Waals surface area contributed by atoms with E-state index in [-0.39, 0.29) is 0 Å². The highest BCUT2D eigenvalue weighted by Crippen LogP contribution is 2.54. The van der Waals surface area contributed by atoms with Crippen molar-refractivity contribution < 1.29 is 0 Å². The summed E-state index contributed by atoms with van der Waals surface area (Å²) >= 11 is 2.72. The van der Waals surface area contributed by atoms with Gasteiger partial charge in [-0.25, -0.2) is 0 Å². The molecule has 2 aliphatic rings. The van der Waals surface area contributed by atoms with Crippen LogP contribution in [0.25, 0.3) is 0 Å². The van der Waals surface area contributed by atoms with E-state index < -0.39 is 0 Å². The zero-order valence-corrected chi connectivity index (χ0v) is 10.1. The van der Waals surface area contributed by atoms with Crippen molar-refractivity contribution in [1.82, 2.24) is 0 Å². The lowest BCUT2D eigenvalue weighted by molar-refractivity contribution is 0.202. The fourth-order valence-corrected chi connectivity index (χ4v) is 5.03. The van der Waals surface area contributed by atoms with Crippen LogP contribution in [0.2, 0.25) is 0 Å². The fraction of sp³-hybridized carbons (Fsp3) is 1.00. The first kappa shape index (κ1) is 9.29. The van der Waals surface area contributed by atoms with Gasteiger partial charge in [-0.2, -0.15) is 0 Å². The van der Waals surface area contributed by atoms with Gasteiger partial charge in [-0.05, 0) is 37.0 Å². The van der Waals surface area contributed by atoms with E-state index in [2.05, 4.69) is 29.5 Å². The minimum atomic E-state index is 0.790. The van der Waals surface area contributed by atoms with Crippen LogP contribution in [0.5, 0.6) is 0 Å². The molecule has 1 heteroatoms. The second-order valence-corrected chi connectivity index (χ2v) is 6.44. The average molecular weight is 278 g/mol. The molecule has 0 N–H and O–H groups in total. The van der Waals surface area contributed by atoms with Crippen molar-refractivity contribution in [3.63, 3.8) is 0 Å². The number of alkyl halides is 1. The Hall–Kier alpha value is 0.730. The number of rotatable bonds is 0. The van der Waals surface area contributed by atoms with Crippen LogP contribution in [0.1, 0.15) is 51.9 Å². The predicted molar refractivity (Wildman–Crippen MR) is 61.7 cm³/mol. The van der Waals surface area contributed by atoms with Crippen molar-refractivity contribution in [2.45, 2.75) is 55.8 Å². The molecule has 0 aromatic rings. The molecule has 0 radical (unpaired) electrons. The normalized spacial score (nSPS) is 40.5. The van der Waals surface area contributed by atoms with Crippen LogP contribution >= 0.6 is 22.6 Å². The van der Waals surface area contributed by atoms with E-state index in [1.165, 1.54) is 44.9 Å². The topological polar surface area (TPSA) is 0 Å². The van der Waals surface area contributed by atoms with Gasteiger partial charge in [0.15, 0.2) is 0 Å². The predicted octanol–water partition coefficient (Wildman–Crippen LogP) is 4.17. The molecule has 0 amide bonds. The molecule has 0 aromatic heterocycles. The quantitative estimate of drug-likeness (QED) is 0.461. The summed E-state index contributed by atoms with van der Waals surface area (Å²) < 4.78 is 0.991.